The van der Waals surface area contributed by atoms with Gasteiger partial charge in [-0.25, -0.2) is 0 Å². The molecule has 1 aromatic rings. The first-order valence-corrected chi connectivity index (χ1v) is 6.77. The standard InChI is InChI=1S/C10H7Br2Cl2NO2/c1-3(16)5-7(11)10(14)6(4(17)2-15)8(12)9(5)13/h2,15H2,1H3. The third-order valence-electron chi connectivity index (χ3n) is 2.08. The van der Waals surface area contributed by atoms with Crippen LogP contribution in [0.1, 0.15) is 27.6 Å². The number of halogens is 4. The molecular weight excluding hydrogens is 397 g/mol. The minimum atomic E-state index is -0.362. The molecule has 92 valence electrons. The molecule has 7 heteroatoms. The number of benzene rings is 1. The summed E-state index contributed by atoms with van der Waals surface area (Å²) in [5.74, 6) is -0.615. The maximum atomic E-state index is 11.6. The van der Waals surface area contributed by atoms with Crippen molar-refractivity contribution in [2.75, 3.05) is 6.54 Å². The molecule has 0 aliphatic rings. The number of nitrogens with two attached hydrogens (primary N) is 1. The summed E-state index contributed by atoms with van der Waals surface area (Å²) in [6, 6.07) is 0. The lowest BCUT2D eigenvalue weighted by Crippen LogP contribution is -2.16. The van der Waals surface area contributed by atoms with E-state index in [0.29, 0.717) is 4.47 Å². The van der Waals surface area contributed by atoms with Crippen LogP contribution in [0.2, 0.25) is 10.0 Å². The van der Waals surface area contributed by atoms with Crippen molar-refractivity contribution in [1.29, 1.82) is 0 Å². The fraction of sp³-hybridized carbons (Fsp3) is 0.200. The zero-order chi connectivity index (χ0) is 13.3. The normalized spacial score (nSPS) is 10.5. The van der Waals surface area contributed by atoms with Crippen molar-refractivity contribution in [2.24, 2.45) is 5.73 Å². The summed E-state index contributed by atoms with van der Waals surface area (Å²) in [4.78, 5) is 23.1. The van der Waals surface area contributed by atoms with Gasteiger partial charge in [0.1, 0.15) is 0 Å². The molecule has 0 radical (unpaired) electrons. The molecule has 0 unspecified atom stereocenters. The van der Waals surface area contributed by atoms with Gasteiger partial charge < -0.3 is 5.73 Å². The number of carbonyl (C=O) groups excluding carboxylic acids is 2. The Morgan fingerprint density at radius 1 is 1.12 bits per heavy atom. The van der Waals surface area contributed by atoms with Gasteiger partial charge in [0.05, 0.1) is 27.7 Å². The molecule has 2 N–H and O–H groups in total. The maximum absolute atomic E-state index is 11.6. The van der Waals surface area contributed by atoms with Crippen molar-refractivity contribution >= 4 is 66.6 Å². The van der Waals surface area contributed by atoms with Gasteiger partial charge in [-0.05, 0) is 38.8 Å². The van der Waals surface area contributed by atoms with Gasteiger partial charge in [-0.15, -0.1) is 0 Å². The number of hydrogen-bond acceptors (Lipinski definition) is 3. The topological polar surface area (TPSA) is 60.2 Å². The van der Waals surface area contributed by atoms with E-state index in [-0.39, 0.29) is 43.8 Å². The first-order valence-electron chi connectivity index (χ1n) is 4.43. The Labute approximate surface area is 125 Å². The molecule has 0 aromatic heterocycles. The van der Waals surface area contributed by atoms with E-state index in [9.17, 15) is 9.59 Å². The Balaban J connectivity index is 3.70. The molecule has 1 rings (SSSR count). The number of ketones is 2. The van der Waals surface area contributed by atoms with E-state index in [0.717, 1.165) is 0 Å². The molecule has 0 spiro atoms. The molecule has 0 amide bonds. The van der Waals surface area contributed by atoms with Crippen molar-refractivity contribution in [1.82, 2.24) is 0 Å². The van der Waals surface area contributed by atoms with Gasteiger partial charge in [-0.2, -0.15) is 0 Å². The van der Waals surface area contributed by atoms with Gasteiger partial charge in [0, 0.05) is 8.95 Å². The van der Waals surface area contributed by atoms with E-state index in [4.69, 9.17) is 28.9 Å². The summed E-state index contributed by atoms with van der Waals surface area (Å²) < 4.78 is 0.588. The molecule has 0 fully saturated rings. The van der Waals surface area contributed by atoms with E-state index in [1.165, 1.54) is 6.92 Å². The highest BCUT2D eigenvalue weighted by atomic mass is 79.9. The summed E-state index contributed by atoms with van der Waals surface area (Å²) in [5, 5.41) is 0.271. The minimum absolute atomic E-state index is 0.127. The second-order valence-corrected chi connectivity index (χ2v) is 5.53. The van der Waals surface area contributed by atoms with Crippen LogP contribution in [0.25, 0.3) is 0 Å². The highest BCUT2D eigenvalue weighted by Gasteiger charge is 2.24. The summed E-state index contributed by atoms with van der Waals surface area (Å²) in [5.41, 5.74) is 5.70. The van der Waals surface area contributed by atoms with Crippen LogP contribution < -0.4 is 5.73 Å². The molecule has 0 aliphatic heterocycles. The highest BCUT2D eigenvalue weighted by molar-refractivity contribution is 9.11. The van der Waals surface area contributed by atoms with Crippen molar-refractivity contribution < 1.29 is 9.59 Å². The van der Waals surface area contributed by atoms with Crippen LogP contribution in [0, 0.1) is 0 Å². The minimum Gasteiger partial charge on any atom is -0.324 e. The molecule has 17 heavy (non-hydrogen) atoms. The van der Waals surface area contributed by atoms with Crippen LogP contribution in [-0.2, 0) is 0 Å². The van der Waals surface area contributed by atoms with Crippen molar-refractivity contribution in [3.8, 4) is 0 Å². The van der Waals surface area contributed by atoms with Crippen LogP contribution in [0.5, 0.6) is 0 Å². The third kappa shape index (κ3) is 2.74. The predicted octanol–water partition coefficient (Wildman–Crippen LogP) is 3.86. The summed E-state index contributed by atoms with van der Waals surface area (Å²) in [6.45, 7) is 1.17. The van der Waals surface area contributed by atoms with Gasteiger partial charge in [-0.3, -0.25) is 9.59 Å². The van der Waals surface area contributed by atoms with Crippen molar-refractivity contribution in [3.63, 3.8) is 0 Å². The Morgan fingerprint density at radius 2 is 1.53 bits per heavy atom. The largest absolute Gasteiger partial charge is 0.324 e. The second-order valence-electron chi connectivity index (χ2n) is 3.19. The first kappa shape index (κ1) is 15.1. The van der Waals surface area contributed by atoms with Gasteiger partial charge in [0.25, 0.3) is 0 Å². The molecule has 0 saturated heterocycles. The highest BCUT2D eigenvalue weighted by Crippen LogP contribution is 2.41. The smallest absolute Gasteiger partial charge is 0.179 e. The van der Waals surface area contributed by atoms with Gasteiger partial charge in [0.2, 0.25) is 0 Å². The summed E-state index contributed by atoms with van der Waals surface area (Å²) in [7, 11) is 0. The Morgan fingerprint density at radius 3 is 1.94 bits per heavy atom. The van der Waals surface area contributed by atoms with E-state index in [2.05, 4.69) is 31.9 Å². The number of carbonyl (C=O) groups is 2. The van der Waals surface area contributed by atoms with E-state index >= 15 is 0 Å². The maximum Gasteiger partial charge on any atom is 0.179 e. The molecule has 0 atom stereocenters. The lowest BCUT2D eigenvalue weighted by atomic mass is 10.1. The zero-order valence-electron chi connectivity index (χ0n) is 8.61. The average Bonchev–Trinajstić information content (AvgIpc) is 2.26. The lowest BCUT2D eigenvalue weighted by Gasteiger charge is -2.13. The number of Topliss-reactive ketones (excluding diaryl/α,β-unsaturated/α-hetero) is 2. The lowest BCUT2D eigenvalue weighted by molar-refractivity contribution is 0.0993. The summed E-state index contributed by atoms with van der Waals surface area (Å²) >= 11 is 18.4. The SMILES string of the molecule is CC(=O)c1c(Cl)c(Br)c(C(=O)CN)c(Cl)c1Br. The van der Waals surface area contributed by atoms with Crippen LogP contribution in [0.15, 0.2) is 8.95 Å². The predicted molar refractivity (Wildman–Crippen MR) is 75.3 cm³/mol. The molecule has 0 bridgehead atoms. The monoisotopic (exact) mass is 401 g/mol. The van der Waals surface area contributed by atoms with Crippen LogP contribution in [-0.4, -0.2) is 18.1 Å². The van der Waals surface area contributed by atoms with E-state index in [1.807, 2.05) is 0 Å². The second kappa shape index (κ2) is 5.80. The zero-order valence-corrected chi connectivity index (χ0v) is 13.3. The van der Waals surface area contributed by atoms with Gasteiger partial charge >= 0.3 is 0 Å². The van der Waals surface area contributed by atoms with E-state index < -0.39 is 0 Å². The molecule has 3 nitrogen and oxygen atoms in total. The fourth-order valence-electron chi connectivity index (χ4n) is 1.29. The van der Waals surface area contributed by atoms with Gasteiger partial charge in [-0.1, -0.05) is 23.2 Å². The quantitative estimate of drug-likeness (QED) is 0.615. The Bertz CT molecular complexity index is 489. The number of rotatable bonds is 3. The Hall–Kier alpha value is 0.0600. The molecule has 0 aliphatic carbocycles. The molecule has 0 heterocycles. The first-order chi connectivity index (χ1) is 7.82. The molecular formula is C10H7Br2Cl2NO2. The summed E-state index contributed by atoms with van der Waals surface area (Å²) in [6.07, 6.45) is 0. The molecule has 1 aromatic carbocycles. The fourth-order valence-corrected chi connectivity index (χ4v) is 3.43. The van der Waals surface area contributed by atoms with Crippen LogP contribution in [0.4, 0.5) is 0 Å². The van der Waals surface area contributed by atoms with Crippen LogP contribution >= 0.6 is 55.1 Å². The average molecular weight is 404 g/mol. The Kier molecular flexibility index (Phi) is 5.16. The van der Waals surface area contributed by atoms with Crippen LogP contribution in [0.3, 0.4) is 0 Å². The third-order valence-corrected chi connectivity index (χ3v) is 4.88. The van der Waals surface area contributed by atoms with E-state index in [1.54, 1.807) is 0 Å². The van der Waals surface area contributed by atoms with Crippen molar-refractivity contribution in [2.45, 2.75) is 6.92 Å². The molecule has 0 saturated carbocycles. The van der Waals surface area contributed by atoms with Gasteiger partial charge in [0.15, 0.2) is 11.6 Å². The number of hydrogen-bond donors (Lipinski definition) is 1. The van der Waals surface area contributed by atoms with Crippen molar-refractivity contribution in [3.05, 3.63) is 30.1 Å².